The maximum absolute atomic E-state index is 2.41. The fraction of sp³-hybridized carbons (Fsp3) is 0.171. The van der Waals surface area contributed by atoms with Crippen molar-refractivity contribution in [3.63, 3.8) is 0 Å². The molecule has 0 heteroatoms. The normalized spacial score (nSPS) is 13.1. The predicted molar refractivity (Wildman–Crippen MR) is 178 cm³/mol. The van der Waals surface area contributed by atoms with Gasteiger partial charge in [-0.25, -0.2) is 0 Å². The van der Waals surface area contributed by atoms with Crippen LogP contribution in [0.3, 0.4) is 0 Å². The van der Waals surface area contributed by atoms with E-state index in [4.69, 9.17) is 0 Å². The van der Waals surface area contributed by atoms with Gasteiger partial charge in [0.15, 0.2) is 0 Å². The highest BCUT2D eigenvalue weighted by molar-refractivity contribution is 5.93. The Morgan fingerprint density at radius 2 is 1.05 bits per heavy atom. The molecule has 1 aliphatic rings. The second kappa shape index (κ2) is 11.2. The summed E-state index contributed by atoms with van der Waals surface area (Å²) in [6.07, 6.45) is 6.79. The van der Waals surface area contributed by atoms with Gasteiger partial charge >= 0.3 is 0 Å². The molecule has 5 aromatic rings. The van der Waals surface area contributed by atoms with Crippen LogP contribution in [0.4, 0.5) is 0 Å². The van der Waals surface area contributed by atoms with Gasteiger partial charge in [-0.2, -0.15) is 0 Å². The van der Waals surface area contributed by atoms with Crippen molar-refractivity contribution in [3.8, 4) is 44.5 Å². The molecule has 0 bridgehead atoms. The molecule has 0 saturated carbocycles. The Labute approximate surface area is 245 Å². The summed E-state index contributed by atoms with van der Waals surface area (Å²) in [7, 11) is 0. The molecule has 0 unspecified atom stereocenters. The highest BCUT2D eigenvalue weighted by Crippen LogP contribution is 2.42. The second-order valence-electron chi connectivity index (χ2n) is 11.5. The topological polar surface area (TPSA) is 0 Å². The summed E-state index contributed by atoms with van der Waals surface area (Å²) in [5.74, 6) is 0. The lowest BCUT2D eigenvalue weighted by molar-refractivity contribution is 1.03. The predicted octanol–water partition coefficient (Wildman–Crippen LogP) is 11.7. The standard InChI is InChI=1S/C41H38/c1-27-20-22-32(23-21-27)33-24-25-40(38-18-10-16-36(30(38)4)34-14-8-6-12-28(34)2)41(26-33)39-19-11-17-37(31(39)5)35-15-9-7-13-29(35)3/h6-7,9-13,15-26H,8,14H2,1-5H3. The summed E-state index contributed by atoms with van der Waals surface area (Å²) in [4.78, 5) is 0. The Morgan fingerprint density at radius 3 is 1.76 bits per heavy atom. The first kappa shape index (κ1) is 26.8. The van der Waals surface area contributed by atoms with Crippen LogP contribution in [-0.2, 0) is 0 Å². The molecule has 0 aliphatic heterocycles. The van der Waals surface area contributed by atoms with Crippen LogP contribution in [-0.4, -0.2) is 0 Å². The van der Waals surface area contributed by atoms with E-state index in [2.05, 4.69) is 150 Å². The van der Waals surface area contributed by atoms with E-state index in [1.807, 2.05) is 0 Å². The molecule has 0 spiro atoms. The van der Waals surface area contributed by atoms with Gasteiger partial charge in [-0.3, -0.25) is 0 Å². The number of hydrogen-bond donors (Lipinski definition) is 0. The molecule has 0 N–H and O–H groups in total. The molecule has 0 saturated heterocycles. The third-order valence-corrected chi connectivity index (χ3v) is 8.82. The van der Waals surface area contributed by atoms with Crippen LogP contribution in [0.2, 0.25) is 0 Å². The first-order valence-electron chi connectivity index (χ1n) is 14.8. The number of benzene rings is 5. The molecule has 1 aliphatic carbocycles. The van der Waals surface area contributed by atoms with E-state index in [1.165, 1.54) is 83.5 Å². The van der Waals surface area contributed by atoms with Crippen molar-refractivity contribution in [3.05, 3.63) is 149 Å². The zero-order valence-corrected chi connectivity index (χ0v) is 24.9. The van der Waals surface area contributed by atoms with Crippen molar-refractivity contribution >= 4 is 5.57 Å². The van der Waals surface area contributed by atoms with Gasteiger partial charge in [0, 0.05) is 0 Å². The molecule has 0 fully saturated rings. The zero-order valence-electron chi connectivity index (χ0n) is 24.9. The number of aryl methyl sites for hydroxylation is 2. The lowest BCUT2D eigenvalue weighted by atomic mass is 9.83. The average molecular weight is 531 g/mol. The van der Waals surface area contributed by atoms with Gasteiger partial charge in [-0.05, 0) is 131 Å². The molecule has 202 valence electrons. The van der Waals surface area contributed by atoms with Gasteiger partial charge in [0.25, 0.3) is 0 Å². The van der Waals surface area contributed by atoms with E-state index in [0.29, 0.717) is 0 Å². The van der Waals surface area contributed by atoms with Crippen molar-refractivity contribution in [2.75, 3.05) is 0 Å². The lowest BCUT2D eigenvalue weighted by Gasteiger charge is -2.21. The van der Waals surface area contributed by atoms with Crippen LogP contribution in [0.25, 0.3) is 50.1 Å². The zero-order chi connectivity index (χ0) is 28.5. The highest BCUT2D eigenvalue weighted by atomic mass is 14.2. The van der Waals surface area contributed by atoms with E-state index in [9.17, 15) is 0 Å². The summed E-state index contributed by atoms with van der Waals surface area (Å²) >= 11 is 0. The molecule has 6 rings (SSSR count). The van der Waals surface area contributed by atoms with Gasteiger partial charge in [-0.15, -0.1) is 0 Å². The maximum Gasteiger partial charge on any atom is -0.00963 e. The van der Waals surface area contributed by atoms with Gasteiger partial charge < -0.3 is 0 Å². The number of hydrogen-bond acceptors (Lipinski definition) is 0. The Hall–Kier alpha value is -4.42. The molecule has 0 radical (unpaired) electrons. The lowest BCUT2D eigenvalue weighted by Crippen LogP contribution is -1.98. The molecule has 5 aromatic carbocycles. The van der Waals surface area contributed by atoms with Crippen LogP contribution >= 0.6 is 0 Å². The smallest absolute Gasteiger partial charge is 0.00963 e. The largest absolute Gasteiger partial charge is 0.0839 e. The SMILES string of the molecule is CC1=C(c2cccc(-c3ccc(-c4ccc(C)cc4)cc3-c3cccc(-c4ccccc4C)c3C)c2C)CCC=C1. The minimum atomic E-state index is 1.10. The van der Waals surface area contributed by atoms with Crippen molar-refractivity contribution < 1.29 is 0 Å². The van der Waals surface area contributed by atoms with Crippen molar-refractivity contribution in [2.24, 2.45) is 0 Å². The average Bonchev–Trinajstić information content (AvgIpc) is 2.99. The molecular formula is C41H38. The minimum Gasteiger partial charge on any atom is -0.0839 e. The molecule has 0 nitrogen and oxygen atoms in total. The van der Waals surface area contributed by atoms with E-state index >= 15 is 0 Å². The molecule has 0 aromatic heterocycles. The van der Waals surface area contributed by atoms with E-state index in [0.717, 1.165) is 12.8 Å². The molecule has 0 atom stereocenters. The third-order valence-electron chi connectivity index (χ3n) is 8.82. The van der Waals surface area contributed by atoms with Crippen LogP contribution in [0, 0.1) is 27.7 Å². The van der Waals surface area contributed by atoms with E-state index in [-0.39, 0.29) is 0 Å². The van der Waals surface area contributed by atoms with Crippen LogP contribution < -0.4 is 0 Å². The summed E-state index contributed by atoms with van der Waals surface area (Å²) in [5, 5.41) is 0. The van der Waals surface area contributed by atoms with Gasteiger partial charge in [-0.1, -0.05) is 115 Å². The Balaban J connectivity index is 1.59. The van der Waals surface area contributed by atoms with Gasteiger partial charge in [0.1, 0.15) is 0 Å². The van der Waals surface area contributed by atoms with Gasteiger partial charge in [0.2, 0.25) is 0 Å². The fourth-order valence-electron chi connectivity index (χ4n) is 6.41. The van der Waals surface area contributed by atoms with E-state index < -0.39 is 0 Å². The van der Waals surface area contributed by atoms with Crippen molar-refractivity contribution in [1.82, 2.24) is 0 Å². The summed E-state index contributed by atoms with van der Waals surface area (Å²) in [5.41, 5.74) is 19.7. The van der Waals surface area contributed by atoms with Crippen molar-refractivity contribution in [2.45, 2.75) is 47.5 Å². The maximum atomic E-state index is 2.41. The Bertz CT molecular complexity index is 1810. The quantitative estimate of drug-likeness (QED) is 0.212. The minimum absolute atomic E-state index is 1.10. The second-order valence-corrected chi connectivity index (χ2v) is 11.5. The monoisotopic (exact) mass is 530 g/mol. The van der Waals surface area contributed by atoms with Crippen LogP contribution in [0.5, 0.6) is 0 Å². The van der Waals surface area contributed by atoms with E-state index in [1.54, 1.807) is 0 Å². The van der Waals surface area contributed by atoms with Crippen LogP contribution in [0.15, 0.2) is 121 Å². The third kappa shape index (κ3) is 5.11. The molecule has 0 amide bonds. The number of rotatable bonds is 5. The Kier molecular flexibility index (Phi) is 7.33. The van der Waals surface area contributed by atoms with Crippen LogP contribution in [0.1, 0.15) is 47.6 Å². The summed E-state index contributed by atoms with van der Waals surface area (Å²) in [6, 6.07) is 38.3. The first-order valence-corrected chi connectivity index (χ1v) is 14.8. The summed E-state index contributed by atoms with van der Waals surface area (Å²) in [6.45, 7) is 11.2. The first-order chi connectivity index (χ1) is 19.9. The van der Waals surface area contributed by atoms with Crippen molar-refractivity contribution in [1.29, 1.82) is 0 Å². The highest BCUT2D eigenvalue weighted by Gasteiger charge is 2.18. The molecular weight excluding hydrogens is 492 g/mol. The number of allylic oxidation sites excluding steroid dienone is 4. The molecule has 41 heavy (non-hydrogen) atoms. The summed E-state index contributed by atoms with van der Waals surface area (Å²) < 4.78 is 0. The Morgan fingerprint density at radius 1 is 0.463 bits per heavy atom. The van der Waals surface area contributed by atoms with Gasteiger partial charge in [0.05, 0.1) is 0 Å². The molecule has 0 heterocycles. The fourth-order valence-corrected chi connectivity index (χ4v) is 6.41.